The Morgan fingerprint density at radius 3 is 2.45 bits per heavy atom. The molecule has 112 valence electrons. The molecule has 0 amide bonds. The van der Waals surface area contributed by atoms with Crippen molar-refractivity contribution in [2.45, 2.75) is 37.0 Å². The average molecular weight is 381 g/mol. The summed E-state index contributed by atoms with van der Waals surface area (Å²) >= 11 is 9.38. The van der Waals surface area contributed by atoms with Gasteiger partial charge in [0.2, 0.25) is 10.0 Å². The molecule has 0 aliphatic heterocycles. The summed E-state index contributed by atoms with van der Waals surface area (Å²) in [6.45, 7) is 0.417. The van der Waals surface area contributed by atoms with Crippen LogP contribution in [0, 0.1) is 5.41 Å². The van der Waals surface area contributed by atoms with Gasteiger partial charge in [0.05, 0.1) is 4.90 Å². The predicted molar refractivity (Wildman–Crippen MR) is 85.6 cm³/mol. The minimum Gasteiger partial charge on any atom is -0.211 e. The summed E-state index contributed by atoms with van der Waals surface area (Å²) in [6, 6.07) is 6.84. The Kier molecular flexibility index (Phi) is 5.51. The molecule has 0 bridgehead atoms. The van der Waals surface area contributed by atoms with E-state index in [9.17, 15) is 8.42 Å². The van der Waals surface area contributed by atoms with E-state index in [1.54, 1.807) is 24.3 Å². The van der Waals surface area contributed by atoms with Gasteiger partial charge in [-0.3, -0.25) is 0 Å². The van der Waals surface area contributed by atoms with Crippen LogP contribution in [0.1, 0.15) is 32.1 Å². The van der Waals surface area contributed by atoms with Gasteiger partial charge in [0.25, 0.3) is 0 Å². The summed E-state index contributed by atoms with van der Waals surface area (Å²) < 4.78 is 28.1. The lowest BCUT2D eigenvalue weighted by atomic mass is 9.76. The molecule has 1 aliphatic carbocycles. The number of benzene rings is 1. The largest absolute Gasteiger partial charge is 0.241 e. The molecule has 1 aromatic carbocycles. The minimum absolute atomic E-state index is 0.0892. The van der Waals surface area contributed by atoms with Crippen LogP contribution in [0.3, 0.4) is 0 Å². The van der Waals surface area contributed by atoms with Crippen LogP contribution in [0.25, 0.3) is 0 Å². The van der Waals surface area contributed by atoms with Crippen molar-refractivity contribution in [2.75, 3.05) is 12.4 Å². The second-order valence-electron chi connectivity index (χ2n) is 5.45. The summed E-state index contributed by atoms with van der Waals surface area (Å²) in [5, 5.41) is 0. The highest BCUT2D eigenvalue weighted by atomic mass is 79.9. The number of rotatable bonds is 5. The third-order valence-corrected chi connectivity index (χ3v) is 6.94. The van der Waals surface area contributed by atoms with Crippen LogP contribution in [0.15, 0.2) is 33.6 Å². The van der Waals surface area contributed by atoms with Crippen LogP contribution in [-0.2, 0) is 10.0 Å². The van der Waals surface area contributed by atoms with Gasteiger partial charge in [-0.2, -0.15) is 0 Å². The number of hydrogen-bond acceptors (Lipinski definition) is 2. The van der Waals surface area contributed by atoms with Crippen LogP contribution in [0.4, 0.5) is 0 Å². The van der Waals surface area contributed by atoms with Gasteiger partial charge < -0.3 is 0 Å². The smallest absolute Gasteiger partial charge is 0.211 e. The number of sulfonamides is 1. The van der Waals surface area contributed by atoms with Crippen LogP contribution in [0.5, 0.6) is 0 Å². The van der Waals surface area contributed by atoms with Gasteiger partial charge in [-0.15, -0.1) is 11.6 Å². The summed E-state index contributed by atoms with van der Waals surface area (Å²) in [4.78, 5) is 0.278. The third kappa shape index (κ3) is 3.75. The van der Waals surface area contributed by atoms with Crippen molar-refractivity contribution in [1.82, 2.24) is 4.72 Å². The predicted octanol–water partition coefficient (Wildman–Crippen LogP) is 3.92. The molecule has 1 N–H and O–H groups in total. The molecule has 0 unspecified atom stereocenters. The molecule has 1 aromatic rings. The van der Waals surface area contributed by atoms with E-state index in [0.29, 0.717) is 16.9 Å². The lowest BCUT2D eigenvalue weighted by molar-refractivity contribution is 0.223. The molecule has 20 heavy (non-hydrogen) atoms. The molecule has 1 saturated carbocycles. The molecule has 6 heteroatoms. The highest BCUT2D eigenvalue weighted by molar-refractivity contribution is 9.10. The zero-order valence-electron chi connectivity index (χ0n) is 11.2. The van der Waals surface area contributed by atoms with Gasteiger partial charge in [0.1, 0.15) is 0 Å². The molecule has 1 fully saturated rings. The van der Waals surface area contributed by atoms with Crippen molar-refractivity contribution >= 4 is 37.6 Å². The summed E-state index contributed by atoms with van der Waals surface area (Å²) in [6.07, 6.45) is 5.46. The van der Waals surface area contributed by atoms with Crippen LogP contribution < -0.4 is 4.72 Å². The molecule has 0 heterocycles. The molecule has 0 spiro atoms. The zero-order chi connectivity index (χ0) is 14.6. The standard InChI is InChI=1S/C14H19BrClNO2S/c15-12-6-2-3-7-13(12)20(18,19)17-11-14(10-16)8-4-1-5-9-14/h2-3,6-7,17H,1,4-5,8-11H2. The first kappa shape index (κ1) is 16.3. The van der Waals surface area contributed by atoms with E-state index >= 15 is 0 Å². The third-order valence-electron chi connectivity index (χ3n) is 3.96. The molecule has 0 atom stereocenters. The van der Waals surface area contributed by atoms with Crippen molar-refractivity contribution in [3.63, 3.8) is 0 Å². The summed E-state index contributed by atoms with van der Waals surface area (Å²) in [5.74, 6) is 0.505. The Morgan fingerprint density at radius 1 is 1.20 bits per heavy atom. The molecule has 2 rings (SSSR count). The maximum Gasteiger partial charge on any atom is 0.241 e. The molecule has 3 nitrogen and oxygen atoms in total. The number of halogens is 2. The second-order valence-corrected chi connectivity index (χ2v) is 8.31. The molecular weight excluding hydrogens is 362 g/mol. The molecule has 0 saturated heterocycles. The van der Waals surface area contributed by atoms with E-state index in [1.807, 2.05) is 0 Å². The van der Waals surface area contributed by atoms with Crippen LogP contribution in [0.2, 0.25) is 0 Å². The quantitative estimate of drug-likeness (QED) is 0.787. The fraction of sp³-hybridized carbons (Fsp3) is 0.571. The van der Waals surface area contributed by atoms with Crippen molar-refractivity contribution < 1.29 is 8.42 Å². The van der Waals surface area contributed by atoms with Gasteiger partial charge in [-0.05, 0) is 46.3 Å². The monoisotopic (exact) mass is 379 g/mol. The van der Waals surface area contributed by atoms with E-state index in [1.165, 1.54) is 6.42 Å². The average Bonchev–Trinajstić information content (AvgIpc) is 2.47. The molecular formula is C14H19BrClNO2S. The Labute approximate surface area is 134 Å². The normalized spacial score (nSPS) is 18.9. The Morgan fingerprint density at radius 2 is 1.85 bits per heavy atom. The lowest BCUT2D eigenvalue weighted by Crippen LogP contribution is -2.40. The van der Waals surface area contributed by atoms with E-state index in [-0.39, 0.29) is 10.3 Å². The lowest BCUT2D eigenvalue weighted by Gasteiger charge is -2.35. The maximum atomic E-state index is 12.4. The maximum absolute atomic E-state index is 12.4. The van der Waals surface area contributed by atoms with Crippen molar-refractivity contribution in [1.29, 1.82) is 0 Å². The first-order chi connectivity index (χ1) is 9.49. The fourth-order valence-corrected chi connectivity index (χ4v) is 5.17. The fourth-order valence-electron chi connectivity index (χ4n) is 2.65. The first-order valence-electron chi connectivity index (χ1n) is 6.79. The number of nitrogens with one attached hydrogen (secondary N) is 1. The van der Waals surface area contributed by atoms with Crippen molar-refractivity contribution in [3.05, 3.63) is 28.7 Å². The van der Waals surface area contributed by atoms with E-state index < -0.39 is 10.0 Å². The molecule has 0 radical (unpaired) electrons. The van der Waals surface area contributed by atoms with Crippen LogP contribution in [-0.4, -0.2) is 20.8 Å². The zero-order valence-corrected chi connectivity index (χ0v) is 14.4. The topological polar surface area (TPSA) is 46.2 Å². The van der Waals surface area contributed by atoms with E-state index in [4.69, 9.17) is 11.6 Å². The van der Waals surface area contributed by atoms with E-state index in [0.717, 1.165) is 25.7 Å². The number of hydrogen-bond donors (Lipinski definition) is 1. The Hall–Kier alpha value is -0.100. The molecule has 1 aliphatic rings. The summed E-state index contributed by atoms with van der Waals surface area (Å²) in [7, 11) is -3.49. The van der Waals surface area contributed by atoms with Gasteiger partial charge in [-0.25, -0.2) is 13.1 Å². The van der Waals surface area contributed by atoms with Crippen LogP contribution >= 0.6 is 27.5 Å². The SMILES string of the molecule is O=S(=O)(NCC1(CCl)CCCCC1)c1ccccc1Br. The van der Waals surface area contributed by atoms with Crippen molar-refractivity contribution in [3.8, 4) is 0 Å². The molecule has 0 aromatic heterocycles. The minimum atomic E-state index is -3.49. The van der Waals surface area contributed by atoms with Crippen molar-refractivity contribution in [2.24, 2.45) is 5.41 Å². The highest BCUT2D eigenvalue weighted by Crippen LogP contribution is 2.37. The highest BCUT2D eigenvalue weighted by Gasteiger charge is 2.33. The van der Waals surface area contributed by atoms with Gasteiger partial charge in [0, 0.05) is 16.9 Å². The number of alkyl halides is 1. The van der Waals surface area contributed by atoms with Gasteiger partial charge >= 0.3 is 0 Å². The Bertz CT molecular complexity index is 556. The van der Waals surface area contributed by atoms with Gasteiger partial charge in [-0.1, -0.05) is 31.4 Å². The second kappa shape index (κ2) is 6.77. The first-order valence-corrected chi connectivity index (χ1v) is 9.60. The Balaban J connectivity index is 2.11. The van der Waals surface area contributed by atoms with Gasteiger partial charge in [0.15, 0.2) is 0 Å². The van der Waals surface area contributed by atoms with E-state index in [2.05, 4.69) is 20.7 Å². The summed E-state index contributed by atoms with van der Waals surface area (Å²) in [5.41, 5.74) is -0.0892.